The highest BCUT2D eigenvalue weighted by molar-refractivity contribution is 5.78. The van der Waals surface area contributed by atoms with E-state index >= 15 is 0 Å². The molecule has 0 saturated carbocycles. The van der Waals surface area contributed by atoms with Crippen molar-refractivity contribution in [3.05, 3.63) is 35.4 Å². The van der Waals surface area contributed by atoms with Crippen molar-refractivity contribution in [2.75, 3.05) is 52.7 Å². The lowest BCUT2D eigenvalue weighted by Gasteiger charge is -2.28. The molecular weight excluding hydrogens is 344 g/mol. The van der Waals surface area contributed by atoms with Gasteiger partial charge in [-0.3, -0.25) is 9.69 Å². The number of esters is 1. The fraction of sp³-hybridized carbons (Fsp3) is 0.619. The summed E-state index contributed by atoms with van der Waals surface area (Å²) in [5.74, 6) is -0.475. The first kappa shape index (κ1) is 19.8. The summed E-state index contributed by atoms with van der Waals surface area (Å²) in [6, 6.07) is 10.3. The third-order valence-corrected chi connectivity index (χ3v) is 5.51. The minimum absolute atomic E-state index is 0.183. The van der Waals surface area contributed by atoms with Gasteiger partial charge in [-0.1, -0.05) is 24.3 Å². The van der Waals surface area contributed by atoms with E-state index in [1.54, 1.807) is 0 Å². The van der Waals surface area contributed by atoms with E-state index in [4.69, 9.17) is 14.2 Å². The zero-order valence-corrected chi connectivity index (χ0v) is 16.0. The molecule has 2 aliphatic heterocycles. The number of nitriles is 1. The van der Waals surface area contributed by atoms with Gasteiger partial charge in [-0.2, -0.15) is 5.26 Å². The molecule has 0 radical (unpaired) electrons. The predicted molar refractivity (Wildman–Crippen MR) is 100 cm³/mol. The van der Waals surface area contributed by atoms with Crippen molar-refractivity contribution in [2.45, 2.75) is 31.1 Å². The summed E-state index contributed by atoms with van der Waals surface area (Å²) in [5.41, 5.74) is 1.34. The normalized spacial score (nSPS) is 24.3. The van der Waals surface area contributed by atoms with Gasteiger partial charge >= 0.3 is 5.97 Å². The molecule has 2 saturated heterocycles. The van der Waals surface area contributed by atoms with Gasteiger partial charge in [0.2, 0.25) is 0 Å². The number of hydrogen-bond donors (Lipinski definition) is 0. The molecule has 2 fully saturated rings. The van der Waals surface area contributed by atoms with Crippen molar-refractivity contribution in [2.24, 2.45) is 0 Å². The maximum absolute atomic E-state index is 12.5. The molecule has 1 aromatic rings. The molecule has 2 atom stereocenters. The maximum Gasteiger partial charge on any atom is 0.313 e. The SMILES string of the molecule is CCOC(=O)C(CCN1CCOCC1)c1ccc(C2(C#N)CCOC2)cc1. The van der Waals surface area contributed by atoms with Gasteiger partial charge in [0.1, 0.15) is 5.41 Å². The van der Waals surface area contributed by atoms with Gasteiger partial charge in [0.25, 0.3) is 0 Å². The lowest BCUT2D eigenvalue weighted by atomic mass is 9.80. The van der Waals surface area contributed by atoms with Crippen molar-refractivity contribution in [1.29, 1.82) is 5.26 Å². The van der Waals surface area contributed by atoms with Gasteiger partial charge in [0.15, 0.2) is 0 Å². The fourth-order valence-electron chi connectivity index (χ4n) is 3.78. The van der Waals surface area contributed by atoms with E-state index in [1.807, 2.05) is 31.2 Å². The van der Waals surface area contributed by atoms with Crippen molar-refractivity contribution in [3.63, 3.8) is 0 Å². The molecule has 6 nitrogen and oxygen atoms in total. The molecule has 2 heterocycles. The number of nitrogens with zero attached hydrogens (tertiary/aromatic N) is 2. The largest absolute Gasteiger partial charge is 0.466 e. The molecule has 2 unspecified atom stereocenters. The molecule has 3 rings (SSSR count). The van der Waals surface area contributed by atoms with Crippen LogP contribution in [0.3, 0.4) is 0 Å². The van der Waals surface area contributed by atoms with E-state index in [1.165, 1.54) is 0 Å². The molecule has 6 heteroatoms. The van der Waals surface area contributed by atoms with Crippen LogP contribution >= 0.6 is 0 Å². The second-order valence-corrected chi connectivity index (χ2v) is 7.17. The zero-order chi connectivity index (χ0) is 19.1. The van der Waals surface area contributed by atoms with Crippen LogP contribution in [0.1, 0.15) is 36.8 Å². The summed E-state index contributed by atoms with van der Waals surface area (Å²) in [6.45, 7) is 7.38. The minimum Gasteiger partial charge on any atom is -0.466 e. The maximum atomic E-state index is 12.5. The Morgan fingerprint density at radius 3 is 2.59 bits per heavy atom. The minimum atomic E-state index is -0.564. The van der Waals surface area contributed by atoms with Gasteiger partial charge in [-0.25, -0.2) is 0 Å². The van der Waals surface area contributed by atoms with E-state index in [2.05, 4.69) is 11.0 Å². The summed E-state index contributed by atoms with van der Waals surface area (Å²) in [7, 11) is 0. The highest BCUT2D eigenvalue weighted by atomic mass is 16.5. The molecule has 2 aliphatic rings. The summed E-state index contributed by atoms with van der Waals surface area (Å²) in [6.07, 6.45) is 1.42. The van der Waals surface area contributed by atoms with E-state index < -0.39 is 5.41 Å². The molecule has 0 bridgehead atoms. The first-order chi connectivity index (χ1) is 13.2. The van der Waals surface area contributed by atoms with E-state index in [0.717, 1.165) is 44.0 Å². The van der Waals surface area contributed by atoms with Crippen LogP contribution < -0.4 is 0 Å². The molecule has 27 heavy (non-hydrogen) atoms. The lowest BCUT2D eigenvalue weighted by Crippen LogP contribution is -2.37. The summed E-state index contributed by atoms with van der Waals surface area (Å²) < 4.78 is 16.2. The van der Waals surface area contributed by atoms with Crippen molar-refractivity contribution >= 4 is 5.97 Å². The first-order valence-corrected chi connectivity index (χ1v) is 9.75. The molecule has 0 aliphatic carbocycles. The number of benzene rings is 1. The number of ether oxygens (including phenoxy) is 3. The van der Waals surface area contributed by atoms with Gasteiger partial charge in [-0.15, -0.1) is 0 Å². The van der Waals surface area contributed by atoms with Crippen LogP contribution in [0.2, 0.25) is 0 Å². The Bertz CT molecular complexity index is 656. The Labute approximate surface area is 161 Å². The predicted octanol–water partition coefficient (Wildman–Crippen LogP) is 2.24. The first-order valence-electron chi connectivity index (χ1n) is 9.75. The molecule has 146 valence electrons. The summed E-state index contributed by atoms with van der Waals surface area (Å²) >= 11 is 0. The molecule has 1 aromatic carbocycles. The average Bonchev–Trinajstić information content (AvgIpc) is 3.20. The lowest BCUT2D eigenvalue weighted by molar-refractivity contribution is -0.145. The Morgan fingerprint density at radius 1 is 1.26 bits per heavy atom. The number of morpholine rings is 1. The Kier molecular flexibility index (Phi) is 6.84. The van der Waals surface area contributed by atoms with Crippen LogP contribution in [0, 0.1) is 11.3 Å². The van der Waals surface area contributed by atoms with Crippen molar-refractivity contribution in [1.82, 2.24) is 4.90 Å². The average molecular weight is 372 g/mol. The third-order valence-electron chi connectivity index (χ3n) is 5.51. The van der Waals surface area contributed by atoms with Gasteiger partial charge < -0.3 is 14.2 Å². The van der Waals surface area contributed by atoms with Crippen LogP contribution in [-0.2, 0) is 24.4 Å². The van der Waals surface area contributed by atoms with Gasteiger partial charge in [0, 0.05) is 19.7 Å². The van der Waals surface area contributed by atoms with Crippen molar-refractivity contribution < 1.29 is 19.0 Å². The summed E-state index contributed by atoms with van der Waals surface area (Å²) in [5, 5.41) is 9.62. The van der Waals surface area contributed by atoms with Crippen LogP contribution in [0.25, 0.3) is 0 Å². The van der Waals surface area contributed by atoms with Crippen LogP contribution in [0.5, 0.6) is 0 Å². The molecule has 0 amide bonds. The molecule has 0 N–H and O–H groups in total. The number of carbonyl (C=O) groups excluding carboxylic acids is 1. The van der Waals surface area contributed by atoms with Crippen molar-refractivity contribution in [3.8, 4) is 6.07 Å². The molecule has 0 spiro atoms. The second-order valence-electron chi connectivity index (χ2n) is 7.17. The topological polar surface area (TPSA) is 71.8 Å². The second kappa shape index (κ2) is 9.32. The highest BCUT2D eigenvalue weighted by Crippen LogP contribution is 2.33. The Balaban J connectivity index is 1.73. The smallest absolute Gasteiger partial charge is 0.313 e. The van der Waals surface area contributed by atoms with Crippen LogP contribution in [0.4, 0.5) is 0 Å². The molecular formula is C21H28N2O4. The summed E-state index contributed by atoms with van der Waals surface area (Å²) in [4.78, 5) is 14.9. The molecule has 0 aromatic heterocycles. The van der Waals surface area contributed by atoms with Crippen LogP contribution in [0.15, 0.2) is 24.3 Å². The highest BCUT2D eigenvalue weighted by Gasteiger charge is 2.37. The Morgan fingerprint density at radius 2 is 2.00 bits per heavy atom. The fourth-order valence-corrected chi connectivity index (χ4v) is 3.78. The third kappa shape index (κ3) is 4.67. The van der Waals surface area contributed by atoms with Gasteiger partial charge in [0.05, 0.1) is 38.4 Å². The zero-order valence-electron chi connectivity index (χ0n) is 16.0. The number of carbonyl (C=O) groups is 1. The monoisotopic (exact) mass is 372 g/mol. The number of rotatable bonds is 7. The van der Waals surface area contributed by atoms with Gasteiger partial charge in [-0.05, 0) is 37.4 Å². The van der Waals surface area contributed by atoms with E-state index in [9.17, 15) is 10.1 Å². The Hall–Kier alpha value is -1.94. The standard InChI is InChI=1S/C21H28N2O4/c1-2-27-20(24)19(7-9-23-10-13-25-14-11-23)17-3-5-18(6-4-17)21(15-22)8-12-26-16-21/h3-6,19H,2,7-14,16H2,1H3. The quantitative estimate of drug-likeness (QED) is 0.684. The van der Waals surface area contributed by atoms with Crippen LogP contribution in [-0.4, -0.2) is 63.5 Å². The number of hydrogen-bond acceptors (Lipinski definition) is 6. The van der Waals surface area contributed by atoms with E-state index in [-0.39, 0.29) is 11.9 Å². The van der Waals surface area contributed by atoms with E-state index in [0.29, 0.717) is 32.7 Å².